The van der Waals surface area contributed by atoms with Crippen molar-refractivity contribution < 1.29 is 39.7 Å². The molecule has 0 fully saturated rings. The summed E-state index contributed by atoms with van der Waals surface area (Å²) in [4.78, 5) is 11.2. The van der Waals surface area contributed by atoms with Gasteiger partial charge in [-0.2, -0.15) is 21.6 Å². The third-order valence-electron chi connectivity index (χ3n) is 2.48. The van der Waals surface area contributed by atoms with E-state index in [0.717, 1.165) is 19.2 Å². The molecule has 1 unspecified atom stereocenters. The maximum atomic E-state index is 13.7. The maximum Gasteiger partial charge on any atom is 0.534 e. The fraction of sp³-hybridized carbons (Fsp3) is 0.364. The number of benzene rings is 1. The second-order valence-electron chi connectivity index (χ2n) is 3.91. The molecule has 0 saturated carbocycles. The standard InChI is InChI=1S/C11H10F4O5S/c1-6(10(16)19-2)8-4-3-7(5-9(8)12)20-21(17,18)11(13,14)15/h3-6H,1-2H3. The zero-order valence-corrected chi connectivity index (χ0v) is 11.6. The summed E-state index contributed by atoms with van der Waals surface area (Å²) in [6, 6.07) is 2.19. The van der Waals surface area contributed by atoms with E-state index in [1.54, 1.807) is 0 Å². The first-order chi connectivity index (χ1) is 9.49. The minimum Gasteiger partial charge on any atom is -0.469 e. The molecule has 1 atom stereocenters. The highest BCUT2D eigenvalue weighted by molar-refractivity contribution is 7.87. The number of hydrogen-bond acceptors (Lipinski definition) is 5. The summed E-state index contributed by atoms with van der Waals surface area (Å²) in [7, 11) is -4.79. The van der Waals surface area contributed by atoms with E-state index in [1.165, 1.54) is 6.92 Å². The molecule has 10 heteroatoms. The predicted molar refractivity (Wildman–Crippen MR) is 62.4 cm³/mol. The number of hydrogen-bond donors (Lipinski definition) is 0. The summed E-state index contributed by atoms with van der Waals surface area (Å²) in [5.74, 6) is -3.72. The van der Waals surface area contributed by atoms with Gasteiger partial charge in [0.25, 0.3) is 0 Å². The van der Waals surface area contributed by atoms with Gasteiger partial charge in [0.05, 0.1) is 13.0 Å². The highest BCUT2D eigenvalue weighted by atomic mass is 32.2. The normalized spacial score (nSPS) is 13.6. The lowest BCUT2D eigenvalue weighted by Crippen LogP contribution is -2.28. The van der Waals surface area contributed by atoms with Crippen molar-refractivity contribution in [1.82, 2.24) is 0 Å². The molecule has 1 aromatic carbocycles. The van der Waals surface area contributed by atoms with Crippen LogP contribution in [-0.4, -0.2) is 27.0 Å². The van der Waals surface area contributed by atoms with Crippen molar-refractivity contribution in [1.29, 1.82) is 0 Å². The van der Waals surface area contributed by atoms with Gasteiger partial charge < -0.3 is 8.92 Å². The summed E-state index contributed by atoms with van der Waals surface area (Å²) in [6.45, 7) is 1.32. The van der Waals surface area contributed by atoms with Crippen LogP contribution < -0.4 is 4.18 Å². The van der Waals surface area contributed by atoms with Crippen molar-refractivity contribution in [2.75, 3.05) is 7.11 Å². The SMILES string of the molecule is COC(=O)C(C)c1ccc(OS(=O)(=O)C(F)(F)F)cc1F. The molecule has 0 aromatic heterocycles. The van der Waals surface area contributed by atoms with Crippen molar-refractivity contribution in [3.05, 3.63) is 29.6 Å². The third-order valence-corrected chi connectivity index (χ3v) is 3.46. The van der Waals surface area contributed by atoms with Crippen LogP contribution >= 0.6 is 0 Å². The van der Waals surface area contributed by atoms with E-state index < -0.39 is 39.1 Å². The molecular formula is C11H10F4O5S. The molecule has 0 N–H and O–H groups in total. The number of esters is 1. The fourth-order valence-corrected chi connectivity index (χ4v) is 1.84. The average molecular weight is 330 g/mol. The lowest BCUT2D eigenvalue weighted by Gasteiger charge is -2.13. The molecule has 0 aliphatic rings. The molecule has 0 radical (unpaired) electrons. The first kappa shape index (κ1) is 17.2. The number of halogens is 4. The lowest BCUT2D eigenvalue weighted by molar-refractivity contribution is -0.142. The molecule has 0 spiro atoms. The van der Waals surface area contributed by atoms with E-state index in [2.05, 4.69) is 8.92 Å². The quantitative estimate of drug-likeness (QED) is 0.367. The smallest absolute Gasteiger partial charge is 0.469 e. The van der Waals surface area contributed by atoms with Gasteiger partial charge in [-0.05, 0) is 13.0 Å². The van der Waals surface area contributed by atoms with Gasteiger partial charge in [-0.25, -0.2) is 4.39 Å². The highest BCUT2D eigenvalue weighted by Crippen LogP contribution is 2.29. The fourth-order valence-electron chi connectivity index (χ4n) is 1.39. The van der Waals surface area contributed by atoms with Gasteiger partial charge in [-0.3, -0.25) is 4.79 Å². The van der Waals surface area contributed by atoms with Gasteiger partial charge >= 0.3 is 21.6 Å². The number of ether oxygens (including phenoxy) is 1. The van der Waals surface area contributed by atoms with Gasteiger partial charge in [0.2, 0.25) is 0 Å². The summed E-state index contributed by atoms with van der Waals surface area (Å²) in [6.07, 6.45) is 0. The van der Waals surface area contributed by atoms with Crippen molar-refractivity contribution in [3.63, 3.8) is 0 Å². The zero-order valence-electron chi connectivity index (χ0n) is 10.8. The van der Waals surface area contributed by atoms with Crippen LogP contribution in [0.4, 0.5) is 17.6 Å². The van der Waals surface area contributed by atoms with Gasteiger partial charge in [-0.1, -0.05) is 6.07 Å². The molecule has 1 aromatic rings. The maximum absolute atomic E-state index is 13.7. The molecule has 5 nitrogen and oxygen atoms in total. The Hall–Kier alpha value is -1.84. The van der Waals surface area contributed by atoms with E-state index in [9.17, 15) is 30.8 Å². The second kappa shape index (κ2) is 5.88. The lowest BCUT2D eigenvalue weighted by atomic mass is 10.0. The molecule has 0 aliphatic carbocycles. The van der Waals surface area contributed by atoms with Crippen LogP contribution in [0.5, 0.6) is 5.75 Å². The van der Waals surface area contributed by atoms with Crippen LogP contribution in [0.25, 0.3) is 0 Å². The van der Waals surface area contributed by atoms with E-state index >= 15 is 0 Å². The number of methoxy groups -OCH3 is 1. The van der Waals surface area contributed by atoms with Gasteiger partial charge in [0, 0.05) is 11.6 Å². The van der Waals surface area contributed by atoms with E-state index in [0.29, 0.717) is 6.07 Å². The Morgan fingerprint density at radius 2 is 1.86 bits per heavy atom. The minimum absolute atomic E-state index is 0.168. The largest absolute Gasteiger partial charge is 0.534 e. The van der Waals surface area contributed by atoms with Crippen molar-refractivity contribution in [2.24, 2.45) is 0 Å². The first-order valence-electron chi connectivity index (χ1n) is 5.37. The number of alkyl halides is 3. The van der Waals surface area contributed by atoms with E-state index in [1.807, 2.05) is 0 Å². The first-order valence-corrected chi connectivity index (χ1v) is 6.78. The van der Waals surface area contributed by atoms with Crippen molar-refractivity contribution in [2.45, 2.75) is 18.3 Å². The monoisotopic (exact) mass is 330 g/mol. The Kier molecular flexibility index (Phi) is 4.82. The van der Waals surface area contributed by atoms with Crippen molar-refractivity contribution >= 4 is 16.1 Å². The summed E-state index contributed by atoms with van der Waals surface area (Å²) in [5.41, 5.74) is -5.79. The predicted octanol–water partition coefficient (Wildman–Crippen LogP) is 2.33. The zero-order chi connectivity index (χ0) is 16.4. The molecule has 0 aliphatic heterocycles. The molecular weight excluding hydrogens is 320 g/mol. The topological polar surface area (TPSA) is 69.7 Å². The van der Waals surface area contributed by atoms with Crippen LogP contribution in [0.3, 0.4) is 0 Å². The molecule has 118 valence electrons. The number of rotatable bonds is 4. The van der Waals surface area contributed by atoms with Crippen LogP contribution in [0.15, 0.2) is 18.2 Å². The summed E-state index contributed by atoms with van der Waals surface area (Å²) in [5, 5.41) is 0. The van der Waals surface area contributed by atoms with Crippen molar-refractivity contribution in [3.8, 4) is 5.75 Å². The Labute approximate surface area is 117 Å². The average Bonchev–Trinajstić information content (AvgIpc) is 2.35. The number of carbonyl (C=O) groups excluding carboxylic acids is 1. The van der Waals surface area contributed by atoms with Crippen LogP contribution in [0, 0.1) is 5.82 Å². The Bertz CT molecular complexity index is 639. The van der Waals surface area contributed by atoms with Gasteiger partial charge in [0.15, 0.2) is 0 Å². The molecule has 0 saturated heterocycles. The van der Waals surface area contributed by atoms with Crippen LogP contribution in [0.2, 0.25) is 0 Å². The van der Waals surface area contributed by atoms with E-state index in [-0.39, 0.29) is 5.56 Å². The molecule has 1 rings (SSSR count). The molecule has 0 heterocycles. The third kappa shape index (κ3) is 3.84. The molecule has 0 bridgehead atoms. The number of carbonyl (C=O) groups is 1. The summed E-state index contributed by atoms with van der Waals surface area (Å²) < 4.78 is 79.7. The minimum atomic E-state index is -5.88. The van der Waals surface area contributed by atoms with Gasteiger partial charge in [-0.15, -0.1) is 0 Å². The Morgan fingerprint density at radius 1 is 1.29 bits per heavy atom. The van der Waals surface area contributed by atoms with Crippen LogP contribution in [-0.2, 0) is 19.6 Å². The van der Waals surface area contributed by atoms with Gasteiger partial charge in [0.1, 0.15) is 11.6 Å². The Morgan fingerprint density at radius 3 is 2.29 bits per heavy atom. The Balaban J connectivity index is 3.07. The molecule has 21 heavy (non-hydrogen) atoms. The highest BCUT2D eigenvalue weighted by Gasteiger charge is 2.48. The van der Waals surface area contributed by atoms with Crippen LogP contribution in [0.1, 0.15) is 18.4 Å². The second-order valence-corrected chi connectivity index (χ2v) is 5.45. The molecule has 0 amide bonds. The van der Waals surface area contributed by atoms with E-state index in [4.69, 9.17) is 0 Å². The summed E-state index contributed by atoms with van der Waals surface area (Å²) >= 11 is 0.